The molecule has 0 spiro atoms. The minimum atomic E-state index is 0. The summed E-state index contributed by atoms with van der Waals surface area (Å²) in [5, 5.41) is 0.529. The summed E-state index contributed by atoms with van der Waals surface area (Å²) in [6, 6.07) is 0. The van der Waals surface area contributed by atoms with Crippen LogP contribution in [0.1, 0.15) is 118 Å². The van der Waals surface area contributed by atoms with Gasteiger partial charge in [-0.05, 0) is 36.8 Å². The molecule has 0 aliphatic carbocycles. The van der Waals surface area contributed by atoms with Gasteiger partial charge in [0.25, 0.3) is 0 Å². The number of rotatable bonds is 15. The average Bonchev–Trinajstić information content (AvgIpc) is 2.45. The standard InChI is InChI=1S/C20H43P.BrH/c1-5-9-10-11-12-13-14-16-19(15-6-2)20(21,17-7-3)18-8-4;/h19H,5-18,21H2,1-4H3;1H. The maximum absolute atomic E-state index is 3.29. The number of hydrogen-bond acceptors (Lipinski definition) is 0. The van der Waals surface area contributed by atoms with E-state index < -0.39 is 0 Å². The van der Waals surface area contributed by atoms with Crippen molar-refractivity contribution in [1.29, 1.82) is 0 Å². The van der Waals surface area contributed by atoms with Crippen molar-refractivity contribution in [3.8, 4) is 0 Å². The van der Waals surface area contributed by atoms with Crippen molar-refractivity contribution in [3.05, 3.63) is 0 Å². The van der Waals surface area contributed by atoms with E-state index in [2.05, 4.69) is 36.9 Å². The normalized spacial score (nSPS) is 13.0. The van der Waals surface area contributed by atoms with E-state index in [1.54, 1.807) is 0 Å². The predicted molar refractivity (Wildman–Crippen MR) is 114 cm³/mol. The fraction of sp³-hybridized carbons (Fsp3) is 1.00. The first-order valence-corrected chi connectivity index (χ1v) is 10.5. The van der Waals surface area contributed by atoms with Crippen molar-refractivity contribution in [2.24, 2.45) is 5.92 Å². The van der Waals surface area contributed by atoms with Crippen molar-refractivity contribution in [3.63, 3.8) is 0 Å². The summed E-state index contributed by atoms with van der Waals surface area (Å²) in [7, 11) is 3.29. The molecule has 0 rings (SSSR count). The lowest BCUT2D eigenvalue weighted by Gasteiger charge is -2.38. The predicted octanol–water partition coefficient (Wildman–Crippen LogP) is 8.34. The molecule has 0 aliphatic heterocycles. The van der Waals surface area contributed by atoms with Crippen LogP contribution in [0.4, 0.5) is 0 Å². The van der Waals surface area contributed by atoms with E-state index in [-0.39, 0.29) is 17.0 Å². The Bertz CT molecular complexity index is 212. The van der Waals surface area contributed by atoms with Crippen LogP contribution >= 0.6 is 26.2 Å². The van der Waals surface area contributed by atoms with Crippen molar-refractivity contribution in [2.75, 3.05) is 0 Å². The summed E-state index contributed by atoms with van der Waals surface area (Å²) >= 11 is 0. The fourth-order valence-electron chi connectivity index (χ4n) is 3.88. The number of unbranched alkanes of at least 4 members (excludes halogenated alkanes) is 6. The third kappa shape index (κ3) is 11.4. The van der Waals surface area contributed by atoms with Crippen molar-refractivity contribution in [2.45, 2.75) is 123 Å². The first-order chi connectivity index (χ1) is 10.1. The molecule has 0 bridgehead atoms. The van der Waals surface area contributed by atoms with Crippen LogP contribution < -0.4 is 0 Å². The summed E-state index contributed by atoms with van der Waals surface area (Å²) in [4.78, 5) is 0. The van der Waals surface area contributed by atoms with E-state index in [1.807, 2.05) is 0 Å². The molecular formula is C20H44BrP. The highest BCUT2D eigenvalue weighted by molar-refractivity contribution is 8.93. The molecule has 0 fully saturated rings. The van der Waals surface area contributed by atoms with Gasteiger partial charge in [-0.3, -0.25) is 0 Å². The minimum absolute atomic E-state index is 0. The second-order valence-electron chi connectivity index (χ2n) is 7.13. The molecule has 136 valence electrons. The Labute approximate surface area is 155 Å². The largest absolute Gasteiger partial charge is 0.131 e. The number of halogens is 1. The van der Waals surface area contributed by atoms with E-state index in [0.29, 0.717) is 5.16 Å². The fourth-order valence-corrected chi connectivity index (χ4v) is 4.79. The van der Waals surface area contributed by atoms with Gasteiger partial charge in [-0.25, -0.2) is 0 Å². The molecule has 2 atom stereocenters. The lowest BCUT2D eigenvalue weighted by atomic mass is 9.78. The van der Waals surface area contributed by atoms with Crippen LogP contribution in [0, 0.1) is 5.92 Å². The maximum Gasteiger partial charge on any atom is -0.0122 e. The van der Waals surface area contributed by atoms with Gasteiger partial charge in [0, 0.05) is 0 Å². The van der Waals surface area contributed by atoms with Crippen LogP contribution in [-0.4, -0.2) is 5.16 Å². The summed E-state index contributed by atoms with van der Waals surface area (Å²) in [5.41, 5.74) is 0. The monoisotopic (exact) mass is 394 g/mol. The van der Waals surface area contributed by atoms with E-state index in [1.165, 1.54) is 89.9 Å². The van der Waals surface area contributed by atoms with E-state index in [0.717, 1.165) is 5.92 Å². The van der Waals surface area contributed by atoms with Gasteiger partial charge in [0.15, 0.2) is 0 Å². The van der Waals surface area contributed by atoms with Gasteiger partial charge in [-0.1, -0.05) is 91.9 Å². The van der Waals surface area contributed by atoms with Crippen LogP contribution in [0.5, 0.6) is 0 Å². The van der Waals surface area contributed by atoms with Gasteiger partial charge in [-0.15, -0.1) is 26.2 Å². The molecule has 0 radical (unpaired) electrons. The van der Waals surface area contributed by atoms with Gasteiger partial charge < -0.3 is 0 Å². The highest BCUT2D eigenvalue weighted by Crippen LogP contribution is 2.42. The Kier molecular flexibility index (Phi) is 19.2. The summed E-state index contributed by atoms with van der Waals surface area (Å²) in [5.74, 6) is 0.933. The molecule has 0 aliphatic rings. The summed E-state index contributed by atoms with van der Waals surface area (Å²) in [6.07, 6.45) is 19.8. The van der Waals surface area contributed by atoms with Crippen LogP contribution in [0.3, 0.4) is 0 Å². The van der Waals surface area contributed by atoms with Crippen molar-refractivity contribution in [1.82, 2.24) is 0 Å². The highest BCUT2D eigenvalue weighted by atomic mass is 79.9. The second-order valence-corrected chi connectivity index (χ2v) is 8.28. The zero-order valence-electron chi connectivity index (χ0n) is 16.0. The molecule has 0 N–H and O–H groups in total. The van der Waals surface area contributed by atoms with Crippen LogP contribution in [0.25, 0.3) is 0 Å². The zero-order valence-corrected chi connectivity index (χ0v) is 18.8. The van der Waals surface area contributed by atoms with Gasteiger partial charge in [0.2, 0.25) is 0 Å². The Balaban J connectivity index is 0. The van der Waals surface area contributed by atoms with Crippen molar-refractivity contribution < 1.29 is 0 Å². The molecule has 0 saturated heterocycles. The van der Waals surface area contributed by atoms with Gasteiger partial charge in [0.05, 0.1) is 0 Å². The number of hydrogen-bond donors (Lipinski definition) is 0. The third-order valence-corrected chi connectivity index (χ3v) is 6.09. The minimum Gasteiger partial charge on any atom is -0.131 e. The molecule has 0 nitrogen and oxygen atoms in total. The van der Waals surface area contributed by atoms with Gasteiger partial charge >= 0.3 is 0 Å². The maximum atomic E-state index is 3.29. The van der Waals surface area contributed by atoms with E-state index in [4.69, 9.17) is 0 Å². The molecule has 0 aromatic rings. The van der Waals surface area contributed by atoms with Crippen LogP contribution in [0.15, 0.2) is 0 Å². The average molecular weight is 395 g/mol. The topological polar surface area (TPSA) is 0 Å². The van der Waals surface area contributed by atoms with Crippen LogP contribution in [0.2, 0.25) is 0 Å². The van der Waals surface area contributed by atoms with Gasteiger partial charge in [0.1, 0.15) is 0 Å². The Morgan fingerprint density at radius 2 is 1.14 bits per heavy atom. The third-order valence-electron chi connectivity index (χ3n) is 5.04. The Hall–Kier alpha value is 0.910. The Morgan fingerprint density at radius 1 is 0.636 bits per heavy atom. The molecule has 2 heteroatoms. The summed E-state index contributed by atoms with van der Waals surface area (Å²) < 4.78 is 0. The highest BCUT2D eigenvalue weighted by Gasteiger charge is 2.31. The molecule has 0 aromatic carbocycles. The SMILES string of the molecule is Br.CCCCCCCCCC(CCC)C(P)(CCC)CCC. The molecule has 0 heterocycles. The molecular weight excluding hydrogens is 351 g/mol. The lowest BCUT2D eigenvalue weighted by Crippen LogP contribution is -2.31. The first-order valence-electron chi connectivity index (χ1n) is 9.93. The van der Waals surface area contributed by atoms with Gasteiger partial charge in [-0.2, -0.15) is 0 Å². The first kappa shape index (κ1) is 25.2. The summed E-state index contributed by atoms with van der Waals surface area (Å²) in [6.45, 7) is 9.37. The molecule has 0 amide bonds. The molecule has 0 saturated carbocycles. The molecule has 2 unspecified atom stereocenters. The molecule has 22 heavy (non-hydrogen) atoms. The Morgan fingerprint density at radius 3 is 1.59 bits per heavy atom. The van der Waals surface area contributed by atoms with Crippen molar-refractivity contribution >= 4 is 26.2 Å². The molecule has 0 aromatic heterocycles. The quantitative estimate of drug-likeness (QED) is 0.193. The van der Waals surface area contributed by atoms with E-state index in [9.17, 15) is 0 Å². The van der Waals surface area contributed by atoms with E-state index >= 15 is 0 Å². The smallest absolute Gasteiger partial charge is 0.0122 e. The second kappa shape index (κ2) is 16.8. The lowest BCUT2D eigenvalue weighted by molar-refractivity contribution is 0.284. The zero-order chi connectivity index (χ0) is 16.0. The van der Waals surface area contributed by atoms with Crippen LogP contribution in [-0.2, 0) is 0 Å².